The van der Waals surface area contributed by atoms with Gasteiger partial charge in [0.15, 0.2) is 0 Å². The summed E-state index contributed by atoms with van der Waals surface area (Å²) in [6, 6.07) is 12.8. The van der Waals surface area contributed by atoms with Crippen molar-refractivity contribution in [3.63, 3.8) is 0 Å². The topological polar surface area (TPSA) is 67.9 Å². The van der Waals surface area contributed by atoms with Crippen molar-refractivity contribution in [1.29, 1.82) is 0 Å². The molecule has 0 aromatic heterocycles. The molecule has 2 rings (SSSR count). The molecule has 0 bridgehead atoms. The molecule has 0 atom stereocenters. The quantitative estimate of drug-likeness (QED) is 0.804. The number of rotatable bonds is 7. The van der Waals surface area contributed by atoms with Crippen LogP contribution in [0.4, 0.5) is 11.4 Å². The highest BCUT2D eigenvalue weighted by molar-refractivity contribution is 6.02. The minimum atomic E-state index is -0.318. The fourth-order valence-electron chi connectivity index (χ4n) is 2.66. The molecule has 0 aliphatic rings. The average molecular weight is 370 g/mol. The summed E-state index contributed by atoms with van der Waals surface area (Å²) in [4.78, 5) is 26.0. The maximum Gasteiger partial charge on any atom is 0.244 e. The van der Waals surface area contributed by atoms with Crippen molar-refractivity contribution >= 4 is 23.2 Å². The van der Waals surface area contributed by atoms with Gasteiger partial charge in [0.1, 0.15) is 18.0 Å². The van der Waals surface area contributed by atoms with Crippen LogP contribution in [-0.2, 0) is 9.59 Å². The van der Waals surface area contributed by atoms with Gasteiger partial charge in [0.2, 0.25) is 11.8 Å². The Bertz CT molecular complexity index is 800. The highest BCUT2D eigenvalue weighted by atomic mass is 16.5. The van der Waals surface area contributed by atoms with Gasteiger partial charge in [-0.25, -0.2) is 0 Å². The largest absolute Gasteiger partial charge is 0.497 e. The standard InChI is InChI=1S/C21H26N2O4/c1-14(2)16-6-8-17(9-7-16)23(15(3)24)13-21(25)22-19-11-10-18(26-4)12-20(19)27-5/h6-12,14H,13H2,1-5H3,(H,22,25). The fourth-order valence-corrected chi connectivity index (χ4v) is 2.66. The lowest BCUT2D eigenvalue weighted by atomic mass is 10.0. The number of hydrogen-bond acceptors (Lipinski definition) is 4. The van der Waals surface area contributed by atoms with Crippen molar-refractivity contribution in [3.8, 4) is 11.5 Å². The van der Waals surface area contributed by atoms with Gasteiger partial charge in [0, 0.05) is 18.7 Å². The predicted octanol–water partition coefficient (Wildman–Crippen LogP) is 3.82. The average Bonchev–Trinajstić information content (AvgIpc) is 2.66. The summed E-state index contributed by atoms with van der Waals surface area (Å²) in [5, 5.41) is 2.78. The van der Waals surface area contributed by atoms with E-state index in [1.54, 1.807) is 25.3 Å². The zero-order valence-electron chi connectivity index (χ0n) is 16.4. The molecule has 6 heteroatoms. The Morgan fingerprint density at radius 3 is 2.22 bits per heavy atom. The van der Waals surface area contributed by atoms with Gasteiger partial charge < -0.3 is 19.7 Å². The summed E-state index contributed by atoms with van der Waals surface area (Å²) in [6.07, 6.45) is 0. The Hall–Kier alpha value is -3.02. The van der Waals surface area contributed by atoms with Crippen LogP contribution in [0, 0.1) is 0 Å². The predicted molar refractivity (Wildman–Crippen MR) is 107 cm³/mol. The van der Waals surface area contributed by atoms with E-state index < -0.39 is 0 Å². The lowest BCUT2D eigenvalue weighted by Gasteiger charge is -2.21. The van der Waals surface area contributed by atoms with Crippen LogP contribution >= 0.6 is 0 Å². The Morgan fingerprint density at radius 1 is 1.04 bits per heavy atom. The zero-order chi connectivity index (χ0) is 20.0. The smallest absolute Gasteiger partial charge is 0.244 e. The van der Waals surface area contributed by atoms with E-state index in [0.29, 0.717) is 28.8 Å². The first-order valence-electron chi connectivity index (χ1n) is 8.75. The molecule has 0 aliphatic heterocycles. The van der Waals surface area contributed by atoms with Crippen LogP contribution in [0.2, 0.25) is 0 Å². The molecule has 0 aliphatic carbocycles. The number of carbonyl (C=O) groups excluding carboxylic acids is 2. The molecule has 144 valence electrons. The number of nitrogens with zero attached hydrogens (tertiary/aromatic N) is 1. The Morgan fingerprint density at radius 2 is 1.70 bits per heavy atom. The Balaban J connectivity index is 2.14. The second-order valence-electron chi connectivity index (χ2n) is 6.47. The van der Waals surface area contributed by atoms with Gasteiger partial charge in [0.05, 0.1) is 19.9 Å². The van der Waals surface area contributed by atoms with Crippen molar-refractivity contribution < 1.29 is 19.1 Å². The first kappa shape index (κ1) is 20.3. The first-order valence-corrected chi connectivity index (χ1v) is 8.75. The highest BCUT2D eigenvalue weighted by Gasteiger charge is 2.17. The number of anilines is 2. The summed E-state index contributed by atoms with van der Waals surface area (Å²) in [5.41, 5.74) is 2.38. The Kier molecular flexibility index (Phi) is 6.82. The van der Waals surface area contributed by atoms with Crippen molar-refractivity contribution in [3.05, 3.63) is 48.0 Å². The summed E-state index contributed by atoms with van der Waals surface area (Å²) in [5.74, 6) is 0.986. The van der Waals surface area contributed by atoms with Crippen molar-refractivity contribution in [2.45, 2.75) is 26.7 Å². The van der Waals surface area contributed by atoms with Crippen LogP contribution < -0.4 is 19.7 Å². The number of methoxy groups -OCH3 is 2. The molecule has 0 saturated heterocycles. The fraction of sp³-hybridized carbons (Fsp3) is 0.333. The minimum absolute atomic E-state index is 0.0917. The van der Waals surface area contributed by atoms with E-state index >= 15 is 0 Å². The molecular formula is C21H26N2O4. The van der Waals surface area contributed by atoms with Gasteiger partial charge in [-0.2, -0.15) is 0 Å². The molecule has 0 fully saturated rings. The number of benzene rings is 2. The van der Waals surface area contributed by atoms with E-state index in [2.05, 4.69) is 19.2 Å². The molecule has 2 aromatic carbocycles. The molecule has 2 amide bonds. The van der Waals surface area contributed by atoms with E-state index in [1.165, 1.54) is 24.5 Å². The van der Waals surface area contributed by atoms with Gasteiger partial charge in [-0.1, -0.05) is 26.0 Å². The van der Waals surface area contributed by atoms with Crippen LogP contribution in [0.25, 0.3) is 0 Å². The molecule has 6 nitrogen and oxygen atoms in total. The molecule has 0 spiro atoms. The van der Waals surface area contributed by atoms with Crippen LogP contribution in [0.3, 0.4) is 0 Å². The SMILES string of the molecule is COc1ccc(NC(=O)CN(C(C)=O)c2ccc(C(C)C)cc2)c(OC)c1. The van der Waals surface area contributed by atoms with Crippen LogP contribution in [0.15, 0.2) is 42.5 Å². The molecule has 0 saturated carbocycles. The van der Waals surface area contributed by atoms with Crippen LogP contribution in [0.5, 0.6) is 11.5 Å². The number of carbonyl (C=O) groups is 2. The van der Waals surface area contributed by atoms with E-state index in [-0.39, 0.29) is 18.4 Å². The van der Waals surface area contributed by atoms with E-state index in [9.17, 15) is 9.59 Å². The third kappa shape index (κ3) is 5.23. The summed E-state index contributed by atoms with van der Waals surface area (Å²) in [7, 11) is 3.07. The second-order valence-corrected chi connectivity index (χ2v) is 6.47. The van der Waals surface area contributed by atoms with Crippen LogP contribution in [-0.4, -0.2) is 32.6 Å². The van der Waals surface area contributed by atoms with Crippen LogP contribution in [0.1, 0.15) is 32.3 Å². The third-order valence-corrected chi connectivity index (χ3v) is 4.24. The number of hydrogen-bond donors (Lipinski definition) is 1. The maximum absolute atomic E-state index is 12.5. The normalized spacial score (nSPS) is 10.4. The van der Waals surface area contributed by atoms with Gasteiger partial charge in [-0.05, 0) is 35.7 Å². The summed E-state index contributed by atoms with van der Waals surface area (Å²) in [6.45, 7) is 5.56. The Labute approximate surface area is 160 Å². The van der Waals surface area contributed by atoms with Gasteiger partial charge >= 0.3 is 0 Å². The van der Waals surface area contributed by atoms with E-state index in [1.807, 2.05) is 24.3 Å². The number of amides is 2. The lowest BCUT2D eigenvalue weighted by molar-refractivity contribution is -0.120. The first-order chi connectivity index (χ1) is 12.8. The molecule has 0 unspecified atom stereocenters. The van der Waals surface area contributed by atoms with Crippen molar-refractivity contribution in [2.24, 2.45) is 0 Å². The minimum Gasteiger partial charge on any atom is -0.497 e. The van der Waals surface area contributed by atoms with E-state index in [0.717, 1.165) is 0 Å². The number of nitrogens with one attached hydrogen (secondary N) is 1. The van der Waals surface area contributed by atoms with Crippen molar-refractivity contribution in [2.75, 3.05) is 31.0 Å². The number of ether oxygens (including phenoxy) is 2. The van der Waals surface area contributed by atoms with Crippen molar-refractivity contribution in [1.82, 2.24) is 0 Å². The summed E-state index contributed by atoms with van der Waals surface area (Å²) >= 11 is 0. The monoisotopic (exact) mass is 370 g/mol. The zero-order valence-corrected chi connectivity index (χ0v) is 16.4. The molecular weight excluding hydrogens is 344 g/mol. The second kappa shape index (κ2) is 9.07. The molecule has 2 aromatic rings. The molecule has 0 radical (unpaired) electrons. The van der Waals surface area contributed by atoms with E-state index in [4.69, 9.17) is 9.47 Å². The third-order valence-electron chi connectivity index (χ3n) is 4.24. The molecule has 1 N–H and O–H groups in total. The lowest BCUT2D eigenvalue weighted by Crippen LogP contribution is -2.36. The van der Waals surface area contributed by atoms with Gasteiger partial charge in [-0.3, -0.25) is 9.59 Å². The van der Waals surface area contributed by atoms with Gasteiger partial charge in [-0.15, -0.1) is 0 Å². The highest BCUT2D eigenvalue weighted by Crippen LogP contribution is 2.29. The van der Waals surface area contributed by atoms with Gasteiger partial charge in [0.25, 0.3) is 0 Å². The summed E-state index contributed by atoms with van der Waals surface area (Å²) < 4.78 is 10.4. The maximum atomic E-state index is 12.5. The molecule has 0 heterocycles. The molecule has 27 heavy (non-hydrogen) atoms.